The van der Waals surface area contributed by atoms with Gasteiger partial charge in [-0.1, -0.05) is 12.1 Å². The lowest BCUT2D eigenvalue weighted by Gasteiger charge is -2.26. The van der Waals surface area contributed by atoms with Crippen LogP contribution in [0.1, 0.15) is 16.2 Å². The van der Waals surface area contributed by atoms with Gasteiger partial charge in [0.2, 0.25) is 5.60 Å². The number of thiophene rings is 2. The minimum absolute atomic E-state index is 0.131. The average Bonchev–Trinajstić information content (AvgIpc) is 3.19. The third kappa shape index (κ3) is 2.84. The first kappa shape index (κ1) is 15.7. The highest BCUT2D eigenvalue weighted by Gasteiger charge is 2.46. The summed E-state index contributed by atoms with van der Waals surface area (Å²) in [6.45, 7) is 1.77. The van der Waals surface area contributed by atoms with Gasteiger partial charge in [-0.05, 0) is 22.9 Å². The Bertz CT molecular complexity index is 600. The van der Waals surface area contributed by atoms with E-state index in [0.29, 0.717) is 9.75 Å². The van der Waals surface area contributed by atoms with Crippen LogP contribution < -0.4 is 0 Å². The van der Waals surface area contributed by atoms with Gasteiger partial charge in [0, 0.05) is 6.42 Å². The Hall–Kier alpha value is -1.21. The standard InChI is InChI=1S/C16H20NO3S2/c1-17(2)8-7-12(11-17)20-15(18)16(19,13-5-3-9-21-13)14-6-4-10-22-14/h3-6,9-10,12,19H,7-8,11H2,1-2H3/q+1/t12-/m1/s1. The van der Waals surface area contributed by atoms with Crippen LogP contribution >= 0.6 is 22.7 Å². The molecule has 1 aliphatic rings. The highest BCUT2D eigenvalue weighted by Crippen LogP contribution is 2.37. The summed E-state index contributed by atoms with van der Waals surface area (Å²) >= 11 is 2.73. The lowest BCUT2D eigenvalue weighted by Crippen LogP contribution is -2.42. The van der Waals surface area contributed by atoms with Crippen molar-refractivity contribution in [3.8, 4) is 0 Å². The molecule has 0 aromatic carbocycles. The molecule has 3 rings (SSSR count). The van der Waals surface area contributed by atoms with Crippen LogP contribution in [-0.2, 0) is 15.1 Å². The van der Waals surface area contributed by atoms with Crippen LogP contribution in [0.5, 0.6) is 0 Å². The third-order valence-corrected chi connectivity index (χ3v) is 6.04. The van der Waals surface area contributed by atoms with E-state index in [2.05, 4.69) is 14.1 Å². The van der Waals surface area contributed by atoms with E-state index < -0.39 is 11.6 Å². The summed E-state index contributed by atoms with van der Waals surface area (Å²) in [5.74, 6) is -0.565. The van der Waals surface area contributed by atoms with Crippen molar-refractivity contribution in [1.29, 1.82) is 0 Å². The molecule has 0 radical (unpaired) electrons. The van der Waals surface area contributed by atoms with Crippen LogP contribution in [0.2, 0.25) is 0 Å². The van der Waals surface area contributed by atoms with Crippen molar-refractivity contribution in [3.05, 3.63) is 44.8 Å². The maximum atomic E-state index is 12.8. The number of rotatable bonds is 4. The lowest BCUT2D eigenvalue weighted by molar-refractivity contribution is -0.879. The summed E-state index contributed by atoms with van der Waals surface area (Å²) in [5.41, 5.74) is -1.69. The highest BCUT2D eigenvalue weighted by atomic mass is 32.1. The fourth-order valence-corrected chi connectivity index (χ4v) is 4.57. The topological polar surface area (TPSA) is 46.5 Å². The zero-order chi connectivity index (χ0) is 15.8. The molecule has 0 saturated carbocycles. The van der Waals surface area contributed by atoms with Crippen LogP contribution in [0.3, 0.4) is 0 Å². The Kier molecular flexibility index (Phi) is 4.11. The number of hydrogen-bond donors (Lipinski definition) is 1. The summed E-state index contributed by atoms with van der Waals surface area (Å²) in [6.07, 6.45) is 0.706. The van der Waals surface area contributed by atoms with Gasteiger partial charge < -0.3 is 14.3 Å². The molecule has 1 fully saturated rings. The van der Waals surface area contributed by atoms with E-state index in [0.717, 1.165) is 24.0 Å². The predicted molar refractivity (Wildman–Crippen MR) is 88.0 cm³/mol. The van der Waals surface area contributed by atoms with Crippen molar-refractivity contribution in [2.24, 2.45) is 0 Å². The van der Waals surface area contributed by atoms with E-state index in [9.17, 15) is 9.90 Å². The second kappa shape index (κ2) is 5.77. The molecule has 0 amide bonds. The number of ether oxygens (including phenoxy) is 1. The number of esters is 1. The number of carbonyl (C=O) groups excluding carboxylic acids is 1. The highest BCUT2D eigenvalue weighted by molar-refractivity contribution is 7.12. The van der Waals surface area contributed by atoms with Gasteiger partial charge in [-0.15, -0.1) is 22.7 Å². The van der Waals surface area contributed by atoms with Crippen molar-refractivity contribution in [1.82, 2.24) is 0 Å². The normalized spacial score (nSPS) is 21.0. The SMILES string of the molecule is C[N+]1(C)CC[C@@H](OC(=O)C(O)(c2cccs2)c2cccs2)C1. The molecule has 1 atom stereocenters. The molecule has 1 aliphatic heterocycles. The molecule has 0 spiro atoms. The van der Waals surface area contributed by atoms with Crippen LogP contribution in [-0.4, -0.2) is 48.8 Å². The van der Waals surface area contributed by atoms with E-state index in [4.69, 9.17) is 4.74 Å². The minimum Gasteiger partial charge on any atom is -0.453 e. The van der Waals surface area contributed by atoms with Gasteiger partial charge in [0.1, 0.15) is 6.54 Å². The van der Waals surface area contributed by atoms with E-state index in [-0.39, 0.29) is 6.10 Å². The van der Waals surface area contributed by atoms with Gasteiger partial charge in [0.05, 0.1) is 30.4 Å². The molecule has 1 saturated heterocycles. The predicted octanol–water partition coefficient (Wildman–Crippen LogP) is 2.44. The fourth-order valence-electron chi connectivity index (χ4n) is 2.85. The summed E-state index contributed by atoms with van der Waals surface area (Å²) in [5, 5.41) is 14.8. The molecule has 118 valence electrons. The maximum absolute atomic E-state index is 12.8. The Balaban J connectivity index is 1.86. The molecular weight excluding hydrogens is 318 g/mol. The number of carbonyl (C=O) groups is 1. The smallest absolute Gasteiger partial charge is 0.349 e. The molecular formula is C16H20NO3S2+. The van der Waals surface area contributed by atoms with Crippen molar-refractivity contribution in [3.63, 3.8) is 0 Å². The molecule has 0 aliphatic carbocycles. The maximum Gasteiger partial charge on any atom is 0.349 e. The van der Waals surface area contributed by atoms with Gasteiger partial charge in [0.25, 0.3) is 0 Å². The molecule has 4 nitrogen and oxygen atoms in total. The van der Waals surface area contributed by atoms with E-state index in [1.165, 1.54) is 22.7 Å². The van der Waals surface area contributed by atoms with Crippen LogP contribution in [0.15, 0.2) is 35.0 Å². The summed E-state index contributed by atoms with van der Waals surface area (Å²) in [4.78, 5) is 14.0. The monoisotopic (exact) mass is 338 g/mol. The minimum atomic E-state index is -1.69. The largest absolute Gasteiger partial charge is 0.453 e. The molecule has 6 heteroatoms. The lowest BCUT2D eigenvalue weighted by atomic mass is 10.00. The van der Waals surface area contributed by atoms with Crippen LogP contribution in [0.4, 0.5) is 0 Å². The average molecular weight is 338 g/mol. The second-order valence-electron chi connectivity index (χ2n) is 6.32. The number of nitrogens with zero attached hydrogens (tertiary/aromatic N) is 1. The van der Waals surface area contributed by atoms with Gasteiger partial charge >= 0.3 is 5.97 Å². The molecule has 0 unspecified atom stereocenters. The summed E-state index contributed by atoms with van der Waals surface area (Å²) in [6, 6.07) is 7.23. The number of likely N-dealkylation sites (tertiary alicyclic amines) is 1. The van der Waals surface area contributed by atoms with Gasteiger partial charge in [-0.2, -0.15) is 0 Å². The summed E-state index contributed by atoms with van der Waals surface area (Å²) in [7, 11) is 4.25. The number of aliphatic hydroxyl groups is 1. The molecule has 0 bridgehead atoms. The molecule has 2 aromatic rings. The molecule has 3 heterocycles. The van der Waals surface area contributed by atoms with E-state index in [1.807, 2.05) is 22.9 Å². The molecule has 2 aromatic heterocycles. The van der Waals surface area contributed by atoms with Gasteiger partial charge in [-0.25, -0.2) is 4.79 Å². The van der Waals surface area contributed by atoms with Gasteiger partial charge in [0.15, 0.2) is 6.10 Å². The second-order valence-corrected chi connectivity index (χ2v) is 8.22. The van der Waals surface area contributed by atoms with E-state index >= 15 is 0 Å². The number of hydrogen-bond acceptors (Lipinski definition) is 5. The summed E-state index contributed by atoms with van der Waals surface area (Å²) < 4.78 is 6.51. The molecule has 22 heavy (non-hydrogen) atoms. The zero-order valence-electron chi connectivity index (χ0n) is 12.7. The van der Waals surface area contributed by atoms with Crippen molar-refractivity contribution >= 4 is 28.6 Å². The Morgan fingerprint density at radius 3 is 2.27 bits per heavy atom. The van der Waals surface area contributed by atoms with Crippen molar-refractivity contribution in [2.75, 3.05) is 27.2 Å². The first-order valence-electron chi connectivity index (χ1n) is 7.25. The Morgan fingerprint density at radius 2 is 1.86 bits per heavy atom. The Labute approximate surface area is 138 Å². The number of quaternary nitrogens is 1. The first-order valence-corrected chi connectivity index (χ1v) is 9.01. The van der Waals surface area contributed by atoms with Crippen LogP contribution in [0, 0.1) is 0 Å². The Morgan fingerprint density at radius 1 is 1.27 bits per heavy atom. The first-order chi connectivity index (χ1) is 10.4. The van der Waals surface area contributed by atoms with Crippen LogP contribution in [0.25, 0.3) is 0 Å². The fraction of sp³-hybridized carbons (Fsp3) is 0.438. The van der Waals surface area contributed by atoms with Gasteiger partial charge in [-0.3, -0.25) is 0 Å². The van der Waals surface area contributed by atoms with Crippen molar-refractivity contribution in [2.45, 2.75) is 18.1 Å². The molecule has 1 N–H and O–H groups in total. The quantitative estimate of drug-likeness (QED) is 0.688. The third-order valence-electron chi connectivity index (χ3n) is 4.08. The van der Waals surface area contributed by atoms with Crippen molar-refractivity contribution < 1.29 is 19.1 Å². The zero-order valence-corrected chi connectivity index (χ0v) is 14.3. The van der Waals surface area contributed by atoms with E-state index in [1.54, 1.807) is 12.1 Å². The number of likely N-dealkylation sites (N-methyl/N-ethyl adjacent to an activating group) is 1.